The number of fused-ring (bicyclic) bond motifs is 1. The molecule has 2 aliphatic heterocycles. The molecular formula is C17H20N6O2. The number of hydrogen-bond acceptors (Lipinski definition) is 7. The Labute approximate surface area is 145 Å². The Bertz CT molecular complexity index is 714. The Morgan fingerprint density at radius 2 is 2.00 bits per heavy atom. The quantitative estimate of drug-likeness (QED) is 0.793. The second kappa shape index (κ2) is 7.10. The van der Waals surface area contributed by atoms with Crippen molar-refractivity contribution >= 4 is 11.9 Å². The SMILES string of the molecule is O=C(c1ccnnc1)N1CC[C@H]2CN(c3ncccn3)CCO[C@H]2C1. The average Bonchev–Trinajstić information content (AvgIpc) is 2.90. The number of rotatable bonds is 2. The molecule has 4 rings (SSSR count). The Balaban J connectivity index is 1.44. The van der Waals surface area contributed by atoms with E-state index in [-0.39, 0.29) is 12.0 Å². The minimum absolute atomic E-state index is 0.00977. The highest BCUT2D eigenvalue weighted by Crippen LogP contribution is 2.26. The summed E-state index contributed by atoms with van der Waals surface area (Å²) in [6, 6.07) is 3.52. The van der Waals surface area contributed by atoms with Gasteiger partial charge in [0.05, 0.1) is 30.7 Å². The third kappa shape index (κ3) is 3.43. The Hall–Kier alpha value is -2.61. The largest absolute Gasteiger partial charge is 0.374 e. The van der Waals surface area contributed by atoms with Gasteiger partial charge < -0.3 is 14.5 Å². The molecule has 2 aliphatic rings. The molecule has 0 spiro atoms. The van der Waals surface area contributed by atoms with Gasteiger partial charge in [-0.2, -0.15) is 10.2 Å². The molecule has 1 amide bonds. The van der Waals surface area contributed by atoms with E-state index in [0.717, 1.165) is 32.0 Å². The second-order valence-corrected chi connectivity index (χ2v) is 6.34. The molecule has 0 bridgehead atoms. The van der Waals surface area contributed by atoms with E-state index < -0.39 is 0 Å². The van der Waals surface area contributed by atoms with Gasteiger partial charge in [0.1, 0.15) is 0 Å². The van der Waals surface area contributed by atoms with Gasteiger partial charge in [-0.15, -0.1) is 0 Å². The van der Waals surface area contributed by atoms with E-state index in [2.05, 4.69) is 25.1 Å². The lowest BCUT2D eigenvalue weighted by Gasteiger charge is -2.38. The van der Waals surface area contributed by atoms with E-state index in [4.69, 9.17) is 4.74 Å². The van der Waals surface area contributed by atoms with Crippen molar-refractivity contribution < 1.29 is 9.53 Å². The molecule has 0 aliphatic carbocycles. The van der Waals surface area contributed by atoms with Gasteiger partial charge in [-0.1, -0.05) is 0 Å². The summed E-state index contributed by atoms with van der Waals surface area (Å²) in [5.41, 5.74) is 0.571. The monoisotopic (exact) mass is 340 g/mol. The van der Waals surface area contributed by atoms with Gasteiger partial charge in [0.2, 0.25) is 5.95 Å². The van der Waals surface area contributed by atoms with Crippen LogP contribution in [0.4, 0.5) is 5.95 Å². The second-order valence-electron chi connectivity index (χ2n) is 6.34. The number of piperidine rings is 1. The minimum Gasteiger partial charge on any atom is -0.374 e. The molecule has 0 unspecified atom stereocenters. The van der Waals surface area contributed by atoms with Crippen LogP contribution in [0.25, 0.3) is 0 Å². The van der Waals surface area contributed by atoms with Gasteiger partial charge in [0.15, 0.2) is 0 Å². The van der Waals surface area contributed by atoms with Crippen LogP contribution >= 0.6 is 0 Å². The first kappa shape index (κ1) is 15.9. The highest BCUT2D eigenvalue weighted by molar-refractivity contribution is 5.93. The van der Waals surface area contributed by atoms with E-state index in [9.17, 15) is 4.79 Å². The van der Waals surface area contributed by atoms with E-state index in [0.29, 0.717) is 24.6 Å². The molecule has 8 nitrogen and oxygen atoms in total. The maximum Gasteiger partial charge on any atom is 0.255 e. The highest BCUT2D eigenvalue weighted by atomic mass is 16.5. The maximum absolute atomic E-state index is 12.6. The predicted molar refractivity (Wildman–Crippen MR) is 90.0 cm³/mol. The van der Waals surface area contributed by atoms with Crippen molar-refractivity contribution in [1.29, 1.82) is 0 Å². The van der Waals surface area contributed by atoms with Crippen molar-refractivity contribution in [3.05, 3.63) is 42.5 Å². The van der Waals surface area contributed by atoms with E-state index in [1.54, 1.807) is 24.7 Å². The van der Waals surface area contributed by atoms with E-state index >= 15 is 0 Å². The molecule has 25 heavy (non-hydrogen) atoms. The lowest BCUT2D eigenvalue weighted by Crippen LogP contribution is -2.49. The molecule has 4 heterocycles. The van der Waals surface area contributed by atoms with Crippen LogP contribution in [0.2, 0.25) is 0 Å². The summed E-state index contributed by atoms with van der Waals surface area (Å²) in [4.78, 5) is 25.3. The third-order valence-corrected chi connectivity index (χ3v) is 4.80. The molecule has 130 valence electrons. The fraction of sp³-hybridized carbons (Fsp3) is 0.471. The molecule has 0 N–H and O–H groups in total. The predicted octanol–water partition coefficient (Wildman–Crippen LogP) is 0.634. The summed E-state index contributed by atoms with van der Waals surface area (Å²) < 4.78 is 6.06. The number of anilines is 1. The third-order valence-electron chi connectivity index (χ3n) is 4.80. The molecule has 8 heteroatoms. The van der Waals surface area contributed by atoms with Crippen LogP contribution in [-0.4, -0.2) is 69.9 Å². The number of nitrogens with zero attached hydrogens (tertiary/aromatic N) is 6. The molecular weight excluding hydrogens is 320 g/mol. The number of ether oxygens (including phenoxy) is 1. The molecule has 2 fully saturated rings. The van der Waals surface area contributed by atoms with Crippen molar-refractivity contribution in [2.45, 2.75) is 12.5 Å². The number of aromatic nitrogens is 4. The molecule has 0 saturated carbocycles. The van der Waals surface area contributed by atoms with Crippen molar-refractivity contribution in [1.82, 2.24) is 25.1 Å². The minimum atomic E-state index is -0.00977. The summed E-state index contributed by atoms with van der Waals surface area (Å²) in [6.45, 7) is 3.55. The molecule has 2 aromatic heterocycles. The van der Waals surface area contributed by atoms with Crippen LogP contribution in [0.1, 0.15) is 16.8 Å². The Kier molecular flexibility index (Phi) is 4.51. The first-order chi connectivity index (χ1) is 12.3. The van der Waals surface area contributed by atoms with Gasteiger partial charge in [0.25, 0.3) is 5.91 Å². The Morgan fingerprint density at radius 1 is 1.12 bits per heavy atom. The van der Waals surface area contributed by atoms with Crippen LogP contribution in [0.5, 0.6) is 0 Å². The van der Waals surface area contributed by atoms with Crippen LogP contribution in [0.15, 0.2) is 36.9 Å². The summed E-state index contributed by atoms with van der Waals surface area (Å²) in [6.07, 6.45) is 7.52. The fourth-order valence-corrected chi connectivity index (χ4v) is 3.47. The summed E-state index contributed by atoms with van der Waals surface area (Å²) in [7, 11) is 0. The number of carbonyl (C=O) groups excluding carboxylic acids is 1. The lowest BCUT2D eigenvalue weighted by atomic mass is 9.93. The molecule has 0 aromatic carbocycles. The summed E-state index contributed by atoms with van der Waals surface area (Å²) in [5, 5.41) is 7.52. The number of carbonyl (C=O) groups is 1. The Morgan fingerprint density at radius 3 is 2.80 bits per heavy atom. The van der Waals surface area contributed by atoms with Crippen LogP contribution < -0.4 is 4.90 Å². The summed E-state index contributed by atoms with van der Waals surface area (Å²) >= 11 is 0. The van der Waals surface area contributed by atoms with Crippen molar-refractivity contribution in [3.8, 4) is 0 Å². The van der Waals surface area contributed by atoms with Gasteiger partial charge in [-0.05, 0) is 18.6 Å². The van der Waals surface area contributed by atoms with Gasteiger partial charge in [-0.3, -0.25) is 4.79 Å². The lowest BCUT2D eigenvalue weighted by molar-refractivity contribution is -0.0169. The first-order valence-corrected chi connectivity index (χ1v) is 8.51. The average molecular weight is 340 g/mol. The van der Waals surface area contributed by atoms with E-state index in [1.807, 2.05) is 11.0 Å². The normalized spacial score (nSPS) is 23.7. The first-order valence-electron chi connectivity index (χ1n) is 8.51. The number of hydrogen-bond donors (Lipinski definition) is 0. The summed E-state index contributed by atoms with van der Waals surface area (Å²) in [5.74, 6) is 1.10. The smallest absolute Gasteiger partial charge is 0.255 e. The van der Waals surface area contributed by atoms with Crippen LogP contribution in [0.3, 0.4) is 0 Å². The number of amides is 1. The molecule has 2 atom stereocenters. The fourth-order valence-electron chi connectivity index (χ4n) is 3.47. The maximum atomic E-state index is 12.6. The molecule has 2 aromatic rings. The molecule has 2 saturated heterocycles. The zero-order valence-electron chi connectivity index (χ0n) is 13.9. The topological polar surface area (TPSA) is 84.3 Å². The van der Waals surface area contributed by atoms with Gasteiger partial charge >= 0.3 is 0 Å². The zero-order valence-corrected chi connectivity index (χ0v) is 13.9. The highest BCUT2D eigenvalue weighted by Gasteiger charge is 2.35. The van der Waals surface area contributed by atoms with Gasteiger partial charge in [-0.25, -0.2) is 9.97 Å². The van der Waals surface area contributed by atoms with Crippen molar-refractivity contribution in [2.75, 3.05) is 37.7 Å². The van der Waals surface area contributed by atoms with Crippen molar-refractivity contribution in [2.24, 2.45) is 5.92 Å². The molecule has 0 radical (unpaired) electrons. The van der Waals surface area contributed by atoms with E-state index in [1.165, 1.54) is 6.20 Å². The van der Waals surface area contributed by atoms with Gasteiger partial charge in [0, 0.05) is 44.5 Å². The number of likely N-dealkylation sites (tertiary alicyclic amines) is 1. The van der Waals surface area contributed by atoms with Crippen molar-refractivity contribution in [3.63, 3.8) is 0 Å². The van der Waals surface area contributed by atoms with Crippen LogP contribution in [-0.2, 0) is 4.74 Å². The zero-order chi connectivity index (χ0) is 17.1. The standard InChI is InChI=1S/C17H20N6O2/c24-16(13-2-6-20-21-10-13)22-7-3-14-11-23(8-9-25-15(14)12-22)17-18-4-1-5-19-17/h1-2,4-6,10,14-15H,3,7-9,11-12H2/t14-,15-/m0/s1. The van der Waals surface area contributed by atoms with Crippen LogP contribution in [0, 0.1) is 5.92 Å².